The molecule has 2 aromatic rings. The minimum absolute atomic E-state index is 0.121. The second-order valence-corrected chi connectivity index (χ2v) is 4.79. The summed E-state index contributed by atoms with van der Waals surface area (Å²) in [4.78, 5) is 16.1. The molecule has 1 saturated heterocycles. The predicted molar refractivity (Wildman–Crippen MR) is 78.4 cm³/mol. The van der Waals surface area contributed by atoms with E-state index in [1.54, 1.807) is 18.3 Å². The van der Waals surface area contributed by atoms with Crippen LogP contribution in [-0.2, 0) is 9.53 Å². The first-order valence-electron chi connectivity index (χ1n) is 6.93. The van der Waals surface area contributed by atoms with E-state index in [0.717, 1.165) is 12.8 Å². The Labute approximate surface area is 122 Å². The van der Waals surface area contributed by atoms with Gasteiger partial charge in [-0.3, -0.25) is 4.79 Å². The van der Waals surface area contributed by atoms with E-state index in [4.69, 9.17) is 9.47 Å². The zero-order valence-corrected chi connectivity index (χ0v) is 11.5. The molecule has 21 heavy (non-hydrogen) atoms. The molecular formula is C16H16N2O3. The third kappa shape index (κ3) is 3.58. The lowest BCUT2D eigenvalue weighted by molar-refractivity contribution is -0.124. The van der Waals surface area contributed by atoms with Crippen LogP contribution in [0.15, 0.2) is 48.7 Å². The van der Waals surface area contributed by atoms with Gasteiger partial charge in [-0.25, -0.2) is 4.98 Å². The van der Waals surface area contributed by atoms with Crippen molar-refractivity contribution in [2.45, 2.75) is 18.9 Å². The largest absolute Gasteiger partial charge is 0.439 e. The summed E-state index contributed by atoms with van der Waals surface area (Å²) < 4.78 is 11.0. The van der Waals surface area contributed by atoms with Crippen LogP contribution in [0.4, 0.5) is 5.69 Å². The first kappa shape index (κ1) is 13.6. The number of amides is 1. The van der Waals surface area contributed by atoms with E-state index in [2.05, 4.69) is 10.3 Å². The van der Waals surface area contributed by atoms with Crippen molar-refractivity contribution in [1.29, 1.82) is 0 Å². The highest BCUT2D eigenvalue weighted by atomic mass is 16.5. The number of benzene rings is 1. The van der Waals surface area contributed by atoms with E-state index < -0.39 is 0 Å². The highest BCUT2D eigenvalue weighted by Crippen LogP contribution is 2.22. The predicted octanol–water partition coefficient (Wildman–Crippen LogP) is 2.99. The van der Waals surface area contributed by atoms with Crippen LogP contribution in [0.3, 0.4) is 0 Å². The molecule has 1 amide bonds. The van der Waals surface area contributed by atoms with Crippen LogP contribution >= 0.6 is 0 Å². The van der Waals surface area contributed by atoms with Gasteiger partial charge in [-0.15, -0.1) is 0 Å². The highest BCUT2D eigenvalue weighted by Gasteiger charge is 2.23. The van der Waals surface area contributed by atoms with Crippen LogP contribution in [0.5, 0.6) is 11.6 Å². The number of anilines is 1. The van der Waals surface area contributed by atoms with E-state index in [0.29, 0.717) is 23.9 Å². The molecule has 5 nitrogen and oxygen atoms in total. The van der Waals surface area contributed by atoms with Gasteiger partial charge in [0, 0.05) is 24.6 Å². The van der Waals surface area contributed by atoms with Gasteiger partial charge in [-0.05, 0) is 31.0 Å². The molecule has 1 aromatic carbocycles. The van der Waals surface area contributed by atoms with Gasteiger partial charge in [0.25, 0.3) is 5.91 Å². The molecule has 0 saturated carbocycles. The van der Waals surface area contributed by atoms with Crippen molar-refractivity contribution in [2.75, 3.05) is 11.9 Å². The van der Waals surface area contributed by atoms with Gasteiger partial charge in [0.05, 0.1) is 0 Å². The smallest absolute Gasteiger partial charge is 0.253 e. The monoisotopic (exact) mass is 284 g/mol. The van der Waals surface area contributed by atoms with E-state index in [9.17, 15) is 4.79 Å². The van der Waals surface area contributed by atoms with Crippen molar-refractivity contribution in [2.24, 2.45) is 0 Å². The number of carbonyl (C=O) groups is 1. The molecule has 1 fully saturated rings. The first-order chi connectivity index (χ1) is 10.3. The van der Waals surface area contributed by atoms with Crippen LogP contribution < -0.4 is 10.1 Å². The number of ether oxygens (including phenoxy) is 2. The molecule has 0 aliphatic carbocycles. The minimum Gasteiger partial charge on any atom is -0.439 e. The Kier molecular flexibility index (Phi) is 4.12. The molecule has 0 radical (unpaired) electrons. The molecule has 0 bridgehead atoms. The van der Waals surface area contributed by atoms with Crippen molar-refractivity contribution in [3.8, 4) is 11.6 Å². The van der Waals surface area contributed by atoms with Gasteiger partial charge < -0.3 is 14.8 Å². The minimum atomic E-state index is -0.350. The van der Waals surface area contributed by atoms with Crippen LogP contribution in [-0.4, -0.2) is 23.6 Å². The second-order valence-electron chi connectivity index (χ2n) is 4.79. The lowest BCUT2D eigenvalue weighted by Crippen LogP contribution is -2.26. The van der Waals surface area contributed by atoms with Gasteiger partial charge >= 0.3 is 0 Å². The van der Waals surface area contributed by atoms with Gasteiger partial charge in [-0.2, -0.15) is 0 Å². The lowest BCUT2D eigenvalue weighted by Gasteiger charge is -2.11. The van der Waals surface area contributed by atoms with E-state index in [-0.39, 0.29) is 12.0 Å². The molecule has 1 aromatic heterocycles. The third-order valence-electron chi connectivity index (χ3n) is 3.19. The number of carbonyl (C=O) groups excluding carboxylic acids is 1. The summed E-state index contributed by atoms with van der Waals surface area (Å²) in [7, 11) is 0. The number of rotatable bonds is 4. The summed E-state index contributed by atoms with van der Waals surface area (Å²) in [6, 6.07) is 12.8. The third-order valence-corrected chi connectivity index (χ3v) is 3.19. The molecule has 1 N–H and O–H groups in total. The number of para-hydroxylation sites is 1. The number of hydrogen-bond donors (Lipinski definition) is 1. The fourth-order valence-corrected chi connectivity index (χ4v) is 2.16. The Morgan fingerprint density at radius 1 is 1.29 bits per heavy atom. The van der Waals surface area contributed by atoms with Gasteiger partial charge in [0.15, 0.2) is 0 Å². The highest BCUT2D eigenvalue weighted by molar-refractivity contribution is 5.94. The quantitative estimate of drug-likeness (QED) is 0.937. The van der Waals surface area contributed by atoms with Crippen LogP contribution in [0, 0.1) is 0 Å². The van der Waals surface area contributed by atoms with Crippen LogP contribution in [0.1, 0.15) is 12.8 Å². The molecule has 1 aliphatic rings. The molecular weight excluding hydrogens is 268 g/mol. The molecule has 1 aliphatic heterocycles. The molecule has 0 spiro atoms. The van der Waals surface area contributed by atoms with E-state index >= 15 is 0 Å². The maximum Gasteiger partial charge on any atom is 0.253 e. The SMILES string of the molecule is O=C(Nc1ccnc(Oc2ccccc2)c1)C1CCCO1. The maximum atomic E-state index is 12.0. The Hall–Kier alpha value is -2.40. The van der Waals surface area contributed by atoms with Crippen LogP contribution in [0.2, 0.25) is 0 Å². The van der Waals surface area contributed by atoms with Gasteiger partial charge in [-0.1, -0.05) is 18.2 Å². The van der Waals surface area contributed by atoms with E-state index in [1.165, 1.54) is 0 Å². The van der Waals surface area contributed by atoms with Crippen molar-refractivity contribution >= 4 is 11.6 Å². The number of nitrogens with zero attached hydrogens (tertiary/aromatic N) is 1. The first-order valence-corrected chi connectivity index (χ1v) is 6.93. The summed E-state index contributed by atoms with van der Waals surface area (Å²) in [6.45, 7) is 0.650. The topological polar surface area (TPSA) is 60.5 Å². The summed E-state index contributed by atoms with van der Waals surface area (Å²) in [5, 5.41) is 2.83. The van der Waals surface area contributed by atoms with Crippen molar-refractivity contribution in [1.82, 2.24) is 4.98 Å². The van der Waals surface area contributed by atoms with Crippen LogP contribution in [0.25, 0.3) is 0 Å². The second kappa shape index (κ2) is 6.37. The lowest BCUT2D eigenvalue weighted by atomic mass is 10.2. The van der Waals surface area contributed by atoms with Crippen molar-refractivity contribution < 1.29 is 14.3 Å². The number of pyridine rings is 1. The zero-order chi connectivity index (χ0) is 14.5. The number of hydrogen-bond acceptors (Lipinski definition) is 4. The van der Waals surface area contributed by atoms with Gasteiger partial charge in [0.2, 0.25) is 5.88 Å². The molecule has 2 heterocycles. The zero-order valence-electron chi connectivity index (χ0n) is 11.5. The molecule has 5 heteroatoms. The summed E-state index contributed by atoms with van der Waals surface area (Å²) >= 11 is 0. The van der Waals surface area contributed by atoms with Crippen molar-refractivity contribution in [3.05, 3.63) is 48.7 Å². The molecule has 1 atom stereocenters. The summed E-state index contributed by atoms with van der Waals surface area (Å²) in [5.74, 6) is 1.02. The van der Waals surface area contributed by atoms with Gasteiger partial charge in [0.1, 0.15) is 11.9 Å². The Bertz CT molecular complexity index is 610. The maximum absolute atomic E-state index is 12.0. The average Bonchev–Trinajstić information content (AvgIpc) is 3.03. The van der Waals surface area contributed by atoms with E-state index in [1.807, 2.05) is 30.3 Å². The summed E-state index contributed by atoms with van der Waals surface area (Å²) in [6.07, 6.45) is 2.95. The Morgan fingerprint density at radius 3 is 2.90 bits per heavy atom. The normalized spacial score (nSPS) is 17.4. The molecule has 1 unspecified atom stereocenters. The Balaban J connectivity index is 1.66. The molecule has 3 rings (SSSR count). The number of aromatic nitrogens is 1. The van der Waals surface area contributed by atoms with Crippen molar-refractivity contribution in [3.63, 3.8) is 0 Å². The molecule has 108 valence electrons. The fourth-order valence-electron chi connectivity index (χ4n) is 2.16. The average molecular weight is 284 g/mol. The number of nitrogens with one attached hydrogen (secondary N) is 1. The standard InChI is InChI=1S/C16H16N2O3/c19-16(14-7-4-10-20-14)18-12-8-9-17-15(11-12)21-13-5-2-1-3-6-13/h1-3,5-6,8-9,11,14H,4,7,10H2,(H,17,18,19). The summed E-state index contributed by atoms with van der Waals surface area (Å²) in [5.41, 5.74) is 0.649. The Morgan fingerprint density at radius 2 is 2.14 bits per heavy atom. The fraction of sp³-hybridized carbons (Fsp3) is 0.250.